The average molecular weight is 333 g/mol. The second-order valence-electron chi connectivity index (χ2n) is 6.14. The van der Waals surface area contributed by atoms with Crippen molar-refractivity contribution in [2.45, 2.75) is 38.3 Å². The van der Waals surface area contributed by atoms with E-state index in [0.29, 0.717) is 30.8 Å². The summed E-state index contributed by atoms with van der Waals surface area (Å²) in [6.07, 6.45) is 1.10. The molecule has 1 fully saturated rings. The van der Waals surface area contributed by atoms with Crippen LogP contribution in [-0.4, -0.2) is 47.7 Å². The van der Waals surface area contributed by atoms with Crippen LogP contribution in [0, 0.1) is 5.82 Å². The number of hydrogen-bond donors (Lipinski definition) is 1. The van der Waals surface area contributed by atoms with Crippen LogP contribution >= 0.6 is 0 Å². The van der Waals surface area contributed by atoms with Crippen molar-refractivity contribution in [1.82, 2.24) is 10.2 Å². The topological polar surface area (TPSA) is 71.0 Å². The van der Waals surface area contributed by atoms with E-state index in [1.165, 1.54) is 12.1 Å². The number of likely N-dealkylation sites (tertiary alicyclic amines) is 1. The molecule has 1 atom stereocenters. The number of nitrogens with one attached hydrogen (secondary N) is 1. The average Bonchev–Trinajstić information content (AvgIpc) is 3.05. The van der Waals surface area contributed by atoms with E-state index in [4.69, 9.17) is 4.84 Å². The molecule has 0 radical (unpaired) electrons. The smallest absolute Gasteiger partial charge is 0.264 e. The molecule has 2 heterocycles. The Morgan fingerprint density at radius 2 is 2.08 bits per heavy atom. The fraction of sp³-hybridized carbons (Fsp3) is 0.471. The predicted molar refractivity (Wildman–Crippen MR) is 85.8 cm³/mol. The van der Waals surface area contributed by atoms with E-state index in [2.05, 4.69) is 10.5 Å². The molecule has 0 saturated carbocycles. The monoisotopic (exact) mass is 333 g/mol. The zero-order valence-electron chi connectivity index (χ0n) is 13.5. The highest BCUT2D eigenvalue weighted by molar-refractivity contribution is 6.04. The summed E-state index contributed by atoms with van der Waals surface area (Å²) in [5.74, 6) is -0.501. The number of carbonyl (C=O) groups is 2. The Morgan fingerprint density at radius 3 is 2.75 bits per heavy atom. The van der Waals surface area contributed by atoms with E-state index in [1.807, 2.05) is 0 Å². The number of nitrogens with zero attached hydrogens (tertiary/aromatic N) is 2. The first kappa shape index (κ1) is 16.4. The first-order valence-electron chi connectivity index (χ1n) is 8.07. The Morgan fingerprint density at radius 1 is 1.33 bits per heavy atom. The van der Waals surface area contributed by atoms with Crippen molar-refractivity contribution in [3.05, 3.63) is 35.6 Å². The van der Waals surface area contributed by atoms with Gasteiger partial charge in [0.2, 0.25) is 12.0 Å². The zero-order valence-corrected chi connectivity index (χ0v) is 13.5. The lowest BCUT2D eigenvalue weighted by molar-refractivity contribution is -0.132. The van der Waals surface area contributed by atoms with E-state index in [0.717, 1.165) is 12.8 Å². The van der Waals surface area contributed by atoms with Gasteiger partial charge < -0.3 is 15.1 Å². The highest BCUT2D eigenvalue weighted by Gasteiger charge is 2.31. The van der Waals surface area contributed by atoms with Crippen LogP contribution in [0.2, 0.25) is 0 Å². The molecule has 128 valence electrons. The van der Waals surface area contributed by atoms with Gasteiger partial charge in [0.15, 0.2) is 0 Å². The largest absolute Gasteiger partial charge is 0.382 e. The van der Waals surface area contributed by atoms with Crippen LogP contribution in [0.3, 0.4) is 0 Å². The van der Waals surface area contributed by atoms with E-state index < -0.39 is 6.10 Å². The zero-order chi connectivity index (χ0) is 17.1. The van der Waals surface area contributed by atoms with Crippen molar-refractivity contribution < 1.29 is 18.8 Å². The third-order valence-corrected chi connectivity index (χ3v) is 4.41. The summed E-state index contributed by atoms with van der Waals surface area (Å²) in [5.41, 5.74) is 1.20. The van der Waals surface area contributed by atoms with Gasteiger partial charge in [0.25, 0.3) is 5.91 Å². The minimum absolute atomic E-state index is 0.0370. The third-order valence-electron chi connectivity index (χ3n) is 4.41. The molecule has 24 heavy (non-hydrogen) atoms. The summed E-state index contributed by atoms with van der Waals surface area (Å²) in [6.45, 7) is 2.85. The van der Waals surface area contributed by atoms with Crippen molar-refractivity contribution in [1.29, 1.82) is 0 Å². The Bertz CT molecular complexity index is 669. The molecule has 1 saturated heterocycles. The minimum Gasteiger partial charge on any atom is -0.382 e. The fourth-order valence-electron chi connectivity index (χ4n) is 2.99. The second-order valence-corrected chi connectivity index (χ2v) is 6.14. The molecule has 0 aromatic heterocycles. The molecule has 2 aliphatic rings. The lowest BCUT2D eigenvalue weighted by atomic mass is 10.0. The molecule has 0 aliphatic carbocycles. The van der Waals surface area contributed by atoms with Crippen LogP contribution in [0.4, 0.5) is 4.39 Å². The van der Waals surface area contributed by atoms with E-state index in [-0.39, 0.29) is 23.7 Å². The molecule has 0 bridgehead atoms. The minimum atomic E-state index is -0.686. The Hall–Kier alpha value is -2.44. The summed E-state index contributed by atoms with van der Waals surface area (Å²) in [4.78, 5) is 30.6. The van der Waals surface area contributed by atoms with Gasteiger partial charge in [0.1, 0.15) is 5.82 Å². The van der Waals surface area contributed by atoms with Crippen molar-refractivity contribution in [2.75, 3.05) is 13.1 Å². The highest BCUT2D eigenvalue weighted by atomic mass is 19.1. The summed E-state index contributed by atoms with van der Waals surface area (Å²) >= 11 is 0. The summed E-state index contributed by atoms with van der Waals surface area (Å²) in [6, 6.07) is 6.11. The summed E-state index contributed by atoms with van der Waals surface area (Å²) < 4.78 is 13.3. The van der Waals surface area contributed by atoms with Gasteiger partial charge in [-0.1, -0.05) is 17.3 Å². The molecule has 2 amide bonds. The molecule has 2 aliphatic heterocycles. The number of oxime groups is 1. The van der Waals surface area contributed by atoms with Gasteiger partial charge >= 0.3 is 0 Å². The molecular formula is C17H20FN3O3. The maximum absolute atomic E-state index is 13.3. The van der Waals surface area contributed by atoms with E-state index in [1.54, 1.807) is 24.0 Å². The van der Waals surface area contributed by atoms with Crippen LogP contribution in [0.5, 0.6) is 0 Å². The fourth-order valence-corrected chi connectivity index (χ4v) is 2.99. The summed E-state index contributed by atoms with van der Waals surface area (Å²) in [5, 5.41) is 6.87. The van der Waals surface area contributed by atoms with Crippen LogP contribution in [-0.2, 0) is 14.4 Å². The second kappa shape index (κ2) is 6.98. The number of benzene rings is 1. The maximum Gasteiger partial charge on any atom is 0.264 e. The predicted octanol–water partition coefficient (Wildman–Crippen LogP) is 1.45. The Labute approximate surface area is 139 Å². The quantitative estimate of drug-likeness (QED) is 0.910. The number of rotatable bonds is 3. The number of amides is 2. The normalized spacial score (nSPS) is 21.2. The first-order valence-corrected chi connectivity index (χ1v) is 8.07. The SMILES string of the molecule is CC(=O)N1CCC(NC(=O)[C@H]2CC(c3cccc(F)c3)=NO2)CC1. The lowest BCUT2D eigenvalue weighted by Gasteiger charge is -2.32. The lowest BCUT2D eigenvalue weighted by Crippen LogP contribution is -2.48. The number of halogens is 1. The number of carbonyl (C=O) groups excluding carboxylic acids is 2. The molecule has 7 heteroatoms. The molecule has 0 unspecified atom stereocenters. The molecule has 6 nitrogen and oxygen atoms in total. The van der Waals surface area contributed by atoms with Gasteiger partial charge in [-0.3, -0.25) is 9.59 Å². The van der Waals surface area contributed by atoms with Gasteiger partial charge in [0.05, 0.1) is 5.71 Å². The Balaban J connectivity index is 1.50. The maximum atomic E-state index is 13.3. The van der Waals surface area contributed by atoms with E-state index >= 15 is 0 Å². The van der Waals surface area contributed by atoms with Crippen LogP contribution < -0.4 is 5.32 Å². The molecule has 1 aromatic rings. The van der Waals surface area contributed by atoms with Gasteiger partial charge in [-0.25, -0.2) is 4.39 Å². The molecule has 3 rings (SSSR count). The van der Waals surface area contributed by atoms with Crippen molar-refractivity contribution in [2.24, 2.45) is 5.16 Å². The first-order chi connectivity index (χ1) is 11.5. The molecule has 0 spiro atoms. The highest BCUT2D eigenvalue weighted by Crippen LogP contribution is 2.18. The standard InChI is InChI=1S/C17H20FN3O3/c1-11(22)21-7-5-14(6-8-21)19-17(23)16-10-15(20-24-16)12-3-2-4-13(18)9-12/h2-4,9,14,16H,5-8,10H2,1H3,(H,19,23)/t16-/m1/s1. The van der Waals surface area contributed by atoms with Crippen molar-refractivity contribution >= 4 is 17.5 Å². The van der Waals surface area contributed by atoms with Gasteiger partial charge in [0, 0.05) is 38.0 Å². The number of hydrogen-bond acceptors (Lipinski definition) is 4. The molecular weight excluding hydrogens is 313 g/mol. The van der Waals surface area contributed by atoms with Gasteiger partial charge in [-0.15, -0.1) is 0 Å². The number of piperidine rings is 1. The van der Waals surface area contributed by atoms with Crippen LogP contribution in [0.1, 0.15) is 31.7 Å². The van der Waals surface area contributed by atoms with Crippen molar-refractivity contribution in [3.8, 4) is 0 Å². The molecule has 1 aromatic carbocycles. The third kappa shape index (κ3) is 3.72. The van der Waals surface area contributed by atoms with Gasteiger partial charge in [-0.2, -0.15) is 0 Å². The van der Waals surface area contributed by atoms with Gasteiger partial charge in [-0.05, 0) is 25.0 Å². The van der Waals surface area contributed by atoms with E-state index in [9.17, 15) is 14.0 Å². The molecule has 1 N–H and O–H groups in total. The summed E-state index contributed by atoms with van der Waals surface area (Å²) in [7, 11) is 0. The van der Waals surface area contributed by atoms with Crippen molar-refractivity contribution in [3.63, 3.8) is 0 Å². The Kier molecular flexibility index (Phi) is 4.78. The van der Waals surface area contributed by atoms with Crippen LogP contribution in [0.15, 0.2) is 29.4 Å². The van der Waals surface area contributed by atoms with Crippen LogP contribution in [0.25, 0.3) is 0 Å².